The van der Waals surface area contributed by atoms with E-state index in [0.29, 0.717) is 6.04 Å². The molecule has 1 fully saturated rings. The minimum Gasteiger partial charge on any atom is -0.367 e. The molecule has 0 unspecified atom stereocenters. The third kappa shape index (κ3) is 2.68. The van der Waals surface area contributed by atoms with Gasteiger partial charge in [0.2, 0.25) is 0 Å². The quantitative estimate of drug-likeness (QED) is 0.648. The predicted octanol–water partition coefficient (Wildman–Crippen LogP) is 5.57. The van der Waals surface area contributed by atoms with E-state index >= 15 is 0 Å². The molecular formula is C17H18BrN3S. The second-order valence-corrected chi connectivity index (χ2v) is 7.70. The van der Waals surface area contributed by atoms with Crippen LogP contribution in [0.15, 0.2) is 40.3 Å². The van der Waals surface area contributed by atoms with Crippen LogP contribution >= 0.6 is 27.3 Å². The first-order chi connectivity index (χ1) is 10.8. The topological polar surface area (TPSA) is 29.3 Å². The summed E-state index contributed by atoms with van der Waals surface area (Å²) >= 11 is 5.32. The molecule has 0 atom stereocenters. The number of pyridine rings is 1. The minimum atomic E-state index is 0.561. The summed E-state index contributed by atoms with van der Waals surface area (Å²) in [5, 5.41) is 5.89. The van der Waals surface area contributed by atoms with E-state index in [2.05, 4.69) is 55.4 Å². The highest BCUT2D eigenvalue weighted by Crippen LogP contribution is 2.34. The zero-order valence-electron chi connectivity index (χ0n) is 12.3. The number of hydrogen-bond acceptors (Lipinski definition) is 3. The Morgan fingerprint density at radius 1 is 1.18 bits per heavy atom. The van der Waals surface area contributed by atoms with Crippen LogP contribution in [0.5, 0.6) is 0 Å². The van der Waals surface area contributed by atoms with Crippen molar-refractivity contribution in [3.8, 4) is 10.6 Å². The smallest absolute Gasteiger partial charge is 0.139 e. The highest BCUT2D eigenvalue weighted by molar-refractivity contribution is 9.10. The number of fused-ring (bicyclic) bond motifs is 1. The van der Waals surface area contributed by atoms with Crippen LogP contribution in [0, 0.1) is 0 Å². The first-order valence-electron chi connectivity index (χ1n) is 7.79. The van der Waals surface area contributed by atoms with Crippen LogP contribution in [0.3, 0.4) is 0 Å². The molecule has 3 heterocycles. The van der Waals surface area contributed by atoms with Crippen LogP contribution < -0.4 is 5.32 Å². The Bertz CT molecular complexity index is 773. The zero-order valence-corrected chi connectivity index (χ0v) is 14.7. The lowest BCUT2D eigenvalue weighted by Crippen LogP contribution is -2.23. The lowest BCUT2D eigenvalue weighted by molar-refractivity contribution is 0.462. The van der Waals surface area contributed by atoms with Crippen LogP contribution in [-0.4, -0.2) is 15.4 Å². The molecule has 0 spiro atoms. The van der Waals surface area contributed by atoms with Crippen molar-refractivity contribution < 1.29 is 0 Å². The molecule has 114 valence electrons. The lowest BCUT2D eigenvalue weighted by atomic mass is 9.95. The number of rotatable bonds is 3. The van der Waals surface area contributed by atoms with E-state index in [4.69, 9.17) is 4.98 Å². The Morgan fingerprint density at radius 3 is 2.82 bits per heavy atom. The summed E-state index contributed by atoms with van der Waals surface area (Å²) < 4.78 is 3.25. The van der Waals surface area contributed by atoms with Crippen LogP contribution in [0.2, 0.25) is 0 Å². The molecule has 3 aromatic heterocycles. The zero-order chi connectivity index (χ0) is 14.9. The molecule has 4 rings (SSSR count). The van der Waals surface area contributed by atoms with Gasteiger partial charge in [0.25, 0.3) is 0 Å². The number of anilines is 1. The summed E-state index contributed by atoms with van der Waals surface area (Å²) in [4.78, 5) is 6.07. The number of hydrogen-bond donors (Lipinski definition) is 1. The average molecular weight is 376 g/mol. The number of halogens is 1. The van der Waals surface area contributed by atoms with E-state index in [1.807, 2.05) is 6.07 Å². The molecule has 1 saturated carbocycles. The fourth-order valence-electron chi connectivity index (χ4n) is 3.18. The number of imidazole rings is 1. The van der Waals surface area contributed by atoms with Gasteiger partial charge in [-0.3, -0.25) is 4.40 Å². The summed E-state index contributed by atoms with van der Waals surface area (Å²) in [5.74, 6) is 1.13. The van der Waals surface area contributed by atoms with Gasteiger partial charge in [-0.1, -0.05) is 25.3 Å². The molecule has 22 heavy (non-hydrogen) atoms. The van der Waals surface area contributed by atoms with E-state index in [9.17, 15) is 0 Å². The molecule has 0 aromatic carbocycles. The Morgan fingerprint density at radius 2 is 2.05 bits per heavy atom. The van der Waals surface area contributed by atoms with Gasteiger partial charge in [-0.25, -0.2) is 4.98 Å². The highest BCUT2D eigenvalue weighted by atomic mass is 79.9. The first-order valence-corrected chi connectivity index (χ1v) is 9.46. The molecule has 3 nitrogen and oxygen atoms in total. The monoisotopic (exact) mass is 375 g/mol. The standard InChI is InChI=1S/C17H18BrN3S/c18-12-8-9-15-20-16(14-7-4-10-22-14)17(21(15)11-12)19-13-5-2-1-3-6-13/h4,7-11,13,19H,1-3,5-6H2. The summed E-state index contributed by atoms with van der Waals surface area (Å²) in [7, 11) is 0. The normalized spacial score (nSPS) is 16.2. The van der Waals surface area contributed by atoms with Crippen molar-refractivity contribution in [3.05, 3.63) is 40.3 Å². The second-order valence-electron chi connectivity index (χ2n) is 5.84. The Hall–Kier alpha value is -1.33. The van der Waals surface area contributed by atoms with Crippen LogP contribution in [0.4, 0.5) is 5.82 Å². The molecule has 0 radical (unpaired) electrons. The third-order valence-electron chi connectivity index (χ3n) is 4.28. The molecule has 5 heteroatoms. The number of aromatic nitrogens is 2. The van der Waals surface area contributed by atoms with Gasteiger partial charge in [-0.05, 0) is 52.4 Å². The van der Waals surface area contributed by atoms with Crippen molar-refractivity contribution >= 4 is 38.7 Å². The molecule has 1 aliphatic rings. The van der Waals surface area contributed by atoms with Gasteiger partial charge in [0.1, 0.15) is 17.2 Å². The van der Waals surface area contributed by atoms with Gasteiger partial charge in [-0.2, -0.15) is 0 Å². The SMILES string of the molecule is Brc1ccc2nc(-c3cccs3)c(NC3CCCCC3)n2c1. The van der Waals surface area contributed by atoms with Gasteiger partial charge in [0.05, 0.1) is 4.88 Å². The number of nitrogens with zero attached hydrogens (tertiary/aromatic N) is 2. The van der Waals surface area contributed by atoms with Crippen LogP contribution in [-0.2, 0) is 0 Å². The van der Waals surface area contributed by atoms with E-state index in [1.165, 1.54) is 37.0 Å². The maximum absolute atomic E-state index is 4.85. The predicted molar refractivity (Wildman–Crippen MR) is 96.7 cm³/mol. The molecule has 0 aliphatic heterocycles. The fraction of sp³-hybridized carbons (Fsp3) is 0.353. The highest BCUT2D eigenvalue weighted by Gasteiger charge is 2.20. The van der Waals surface area contributed by atoms with E-state index < -0.39 is 0 Å². The van der Waals surface area contributed by atoms with Gasteiger partial charge in [0.15, 0.2) is 0 Å². The molecule has 0 bridgehead atoms. The second kappa shape index (κ2) is 6.05. The summed E-state index contributed by atoms with van der Waals surface area (Å²) in [6.07, 6.45) is 8.63. The van der Waals surface area contributed by atoms with Crippen LogP contribution in [0.1, 0.15) is 32.1 Å². The largest absolute Gasteiger partial charge is 0.367 e. The molecular weight excluding hydrogens is 358 g/mol. The van der Waals surface area contributed by atoms with Crippen LogP contribution in [0.25, 0.3) is 16.2 Å². The Balaban J connectivity index is 1.81. The van der Waals surface area contributed by atoms with Crippen molar-refractivity contribution in [2.75, 3.05) is 5.32 Å². The molecule has 0 saturated heterocycles. The minimum absolute atomic E-state index is 0.561. The van der Waals surface area contributed by atoms with Crippen molar-refractivity contribution in [3.63, 3.8) is 0 Å². The number of thiophene rings is 1. The van der Waals surface area contributed by atoms with E-state index in [0.717, 1.165) is 21.6 Å². The Labute approximate surface area is 142 Å². The van der Waals surface area contributed by atoms with Crippen molar-refractivity contribution in [1.29, 1.82) is 0 Å². The average Bonchev–Trinajstić information content (AvgIpc) is 3.17. The van der Waals surface area contributed by atoms with Crippen molar-refractivity contribution in [2.24, 2.45) is 0 Å². The molecule has 1 aliphatic carbocycles. The molecule has 0 amide bonds. The maximum atomic E-state index is 4.85. The third-order valence-corrected chi connectivity index (χ3v) is 5.63. The fourth-order valence-corrected chi connectivity index (χ4v) is 4.23. The summed E-state index contributed by atoms with van der Waals surface area (Å²) in [6, 6.07) is 8.90. The van der Waals surface area contributed by atoms with Gasteiger partial charge in [0, 0.05) is 16.7 Å². The lowest BCUT2D eigenvalue weighted by Gasteiger charge is -2.24. The van der Waals surface area contributed by atoms with E-state index in [1.54, 1.807) is 11.3 Å². The first kappa shape index (κ1) is 14.3. The maximum Gasteiger partial charge on any atom is 0.139 e. The Kier molecular flexibility index (Phi) is 3.92. The summed E-state index contributed by atoms with van der Waals surface area (Å²) in [5.41, 5.74) is 2.06. The van der Waals surface area contributed by atoms with Crippen molar-refractivity contribution in [1.82, 2.24) is 9.38 Å². The van der Waals surface area contributed by atoms with Crippen molar-refractivity contribution in [2.45, 2.75) is 38.1 Å². The molecule has 3 aromatic rings. The van der Waals surface area contributed by atoms with Gasteiger partial charge >= 0.3 is 0 Å². The van der Waals surface area contributed by atoms with Gasteiger partial charge < -0.3 is 5.32 Å². The van der Waals surface area contributed by atoms with E-state index in [-0.39, 0.29) is 0 Å². The number of nitrogens with one attached hydrogen (secondary N) is 1. The molecule has 1 N–H and O–H groups in total. The summed E-state index contributed by atoms with van der Waals surface area (Å²) in [6.45, 7) is 0. The van der Waals surface area contributed by atoms with Gasteiger partial charge in [-0.15, -0.1) is 11.3 Å².